The molecule has 8 heteroatoms. The summed E-state index contributed by atoms with van der Waals surface area (Å²) in [5, 5.41) is 10.2. The Morgan fingerprint density at radius 2 is 1.79 bits per heavy atom. The first-order valence-electron chi connectivity index (χ1n) is 10.9. The number of aliphatic carboxylic acids is 1. The topological polar surface area (TPSA) is 87.2 Å². The Hall–Kier alpha value is -2.90. The van der Waals surface area contributed by atoms with Gasteiger partial charge in [-0.3, -0.25) is 24.2 Å². The van der Waals surface area contributed by atoms with E-state index in [4.69, 9.17) is 16.3 Å². The predicted molar refractivity (Wildman–Crippen MR) is 125 cm³/mol. The van der Waals surface area contributed by atoms with Crippen LogP contribution >= 0.6 is 11.6 Å². The number of amides is 2. The molecule has 0 radical (unpaired) electrons. The molecule has 1 fully saturated rings. The summed E-state index contributed by atoms with van der Waals surface area (Å²) in [4.78, 5) is 38.4. The van der Waals surface area contributed by atoms with Gasteiger partial charge in [0.05, 0.1) is 12.5 Å². The smallest absolute Gasteiger partial charge is 0.308 e. The zero-order valence-electron chi connectivity index (χ0n) is 19.1. The normalized spacial score (nSPS) is 15.7. The van der Waals surface area contributed by atoms with Gasteiger partial charge in [0.2, 0.25) is 11.8 Å². The number of carbonyl (C=O) groups is 3. The van der Waals surface area contributed by atoms with Crippen LogP contribution in [0.2, 0.25) is 5.02 Å². The maximum absolute atomic E-state index is 11.8. The number of likely N-dealkylation sites (tertiary alicyclic amines) is 1. The highest BCUT2D eigenvalue weighted by molar-refractivity contribution is 6.30. The highest BCUT2D eigenvalue weighted by Gasteiger charge is 2.29. The molecule has 2 amide bonds. The molecule has 1 aliphatic rings. The number of halogens is 1. The molecule has 0 aromatic heterocycles. The Morgan fingerprint density at radius 1 is 1.15 bits per heavy atom. The molecule has 0 saturated carbocycles. The van der Waals surface area contributed by atoms with E-state index in [-0.39, 0.29) is 43.8 Å². The third-order valence-corrected chi connectivity index (χ3v) is 6.20. The Morgan fingerprint density at radius 3 is 2.36 bits per heavy atom. The van der Waals surface area contributed by atoms with E-state index in [0.717, 1.165) is 16.7 Å². The lowest BCUT2D eigenvalue weighted by atomic mass is 9.93. The average Bonchev–Trinajstić information content (AvgIpc) is 3.08. The lowest BCUT2D eigenvalue weighted by molar-refractivity contribution is -0.143. The molecule has 1 N–H and O–H groups in total. The van der Waals surface area contributed by atoms with Crippen molar-refractivity contribution in [3.63, 3.8) is 0 Å². The van der Waals surface area contributed by atoms with Crippen LogP contribution in [-0.2, 0) is 20.9 Å². The van der Waals surface area contributed by atoms with Crippen LogP contribution in [0.1, 0.15) is 42.5 Å². The Labute approximate surface area is 198 Å². The molecule has 2 aromatic rings. The fraction of sp³-hybridized carbons (Fsp3) is 0.400. The second-order valence-corrected chi connectivity index (χ2v) is 8.86. The Kier molecular flexibility index (Phi) is 8.10. The SMILES string of the molecule is Cc1cc(CN(C)C(c2ccc(Cl)cc2)C(C)C(=O)O)ccc1OCCN1C(=O)CCC1=O. The molecule has 1 heterocycles. The van der Waals surface area contributed by atoms with Crippen LogP contribution in [0.15, 0.2) is 42.5 Å². The summed E-state index contributed by atoms with van der Waals surface area (Å²) in [6.07, 6.45) is 0.551. The van der Waals surface area contributed by atoms with E-state index in [9.17, 15) is 19.5 Å². The number of carboxylic acid groups (broad SMARTS) is 1. The molecular weight excluding hydrogens is 444 g/mol. The van der Waals surface area contributed by atoms with Crippen LogP contribution in [0.3, 0.4) is 0 Å². The molecule has 2 aromatic carbocycles. The van der Waals surface area contributed by atoms with Crippen LogP contribution in [0.4, 0.5) is 0 Å². The lowest BCUT2D eigenvalue weighted by Crippen LogP contribution is -2.33. The number of nitrogens with zero attached hydrogens (tertiary/aromatic N) is 2. The fourth-order valence-electron chi connectivity index (χ4n) is 4.20. The molecule has 176 valence electrons. The van der Waals surface area contributed by atoms with Gasteiger partial charge in [-0.15, -0.1) is 0 Å². The number of hydrogen-bond acceptors (Lipinski definition) is 5. The average molecular weight is 473 g/mol. The number of hydrogen-bond donors (Lipinski definition) is 1. The molecule has 7 nitrogen and oxygen atoms in total. The largest absolute Gasteiger partial charge is 0.491 e. The van der Waals surface area contributed by atoms with Gasteiger partial charge in [-0.2, -0.15) is 0 Å². The van der Waals surface area contributed by atoms with Crippen molar-refractivity contribution in [2.24, 2.45) is 5.92 Å². The summed E-state index contributed by atoms with van der Waals surface area (Å²) in [6, 6.07) is 12.7. The van der Waals surface area contributed by atoms with Gasteiger partial charge in [-0.05, 0) is 48.9 Å². The number of benzene rings is 2. The molecule has 1 saturated heterocycles. The van der Waals surface area contributed by atoms with Gasteiger partial charge in [0.15, 0.2) is 0 Å². The fourth-order valence-corrected chi connectivity index (χ4v) is 4.32. The zero-order valence-corrected chi connectivity index (χ0v) is 19.8. The van der Waals surface area contributed by atoms with Gasteiger partial charge in [0.1, 0.15) is 12.4 Å². The van der Waals surface area contributed by atoms with Crippen LogP contribution in [0.25, 0.3) is 0 Å². The molecule has 1 aliphatic heterocycles. The van der Waals surface area contributed by atoms with Crippen LogP contribution < -0.4 is 4.74 Å². The van der Waals surface area contributed by atoms with Gasteiger partial charge < -0.3 is 9.84 Å². The van der Waals surface area contributed by atoms with Crippen LogP contribution in [0, 0.1) is 12.8 Å². The molecule has 2 atom stereocenters. The first kappa shape index (κ1) is 24.7. The van der Waals surface area contributed by atoms with E-state index in [1.165, 1.54) is 4.90 Å². The second kappa shape index (κ2) is 10.8. The number of carbonyl (C=O) groups excluding carboxylic acids is 2. The minimum atomic E-state index is -0.864. The van der Waals surface area contributed by atoms with Crippen LogP contribution in [-0.4, -0.2) is 52.9 Å². The van der Waals surface area contributed by atoms with Gasteiger partial charge in [0, 0.05) is 30.5 Å². The predicted octanol–water partition coefficient (Wildman–Crippen LogP) is 4.07. The molecule has 33 heavy (non-hydrogen) atoms. The van der Waals surface area contributed by atoms with Crippen molar-refractivity contribution in [1.29, 1.82) is 0 Å². The second-order valence-electron chi connectivity index (χ2n) is 8.43. The quantitative estimate of drug-likeness (QED) is 0.524. The van der Waals surface area contributed by atoms with Crippen molar-refractivity contribution in [1.82, 2.24) is 9.80 Å². The van der Waals surface area contributed by atoms with Crippen molar-refractivity contribution in [2.75, 3.05) is 20.2 Å². The number of ether oxygens (including phenoxy) is 1. The minimum Gasteiger partial charge on any atom is -0.491 e. The molecule has 0 spiro atoms. The summed E-state index contributed by atoms with van der Waals surface area (Å²) >= 11 is 6.01. The summed E-state index contributed by atoms with van der Waals surface area (Å²) < 4.78 is 5.80. The van der Waals surface area contributed by atoms with E-state index in [1.54, 1.807) is 19.1 Å². The van der Waals surface area contributed by atoms with E-state index >= 15 is 0 Å². The first-order chi connectivity index (χ1) is 15.7. The first-order valence-corrected chi connectivity index (χ1v) is 11.3. The van der Waals surface area contributed by atoms with Crippen molar-refractivity contribution < 1.29 is 24.2 Å². The Balaban J connectivity index is 1.66. The molecular formula is C25H29ClN2O5. The van der Waals surface area contributed by atoms with Gasteiger partial charge in [-0.25, -0.2) is 0 Å². The van der Waals surface area contributed by atoms with E-state index in [1.807, 2.05) is 49.2 Å². The maximum Gasteiger partial charge on any atom is 0.308 e. The summed E-state index contributed by atoms with van der Waals surface area (Å²) in [5.74, 6) is -1.09. The van der Waals surface area contributed by atoms with E-state index < -0.39 is 11.9 Å². The number of imide groups is 1. The van der Waals surface area contributed by atoms with E-state index in [2.05, 4.69) is 0 Å². The number of carboxylic acids is 1. The monoisotopic (exact) mass is 472 g/mol. The minimum absolute atomic E-state index is 0.149. The zero-order chi connectivity index (χ0) is 24.1. The van der Waals surface area contributed by atoms with Gasteiger partial charge in [-0.1, -0.05) is 42.8 Å². The molecule has 0 aliphatic carbocycles. The molecule has 3 rings (SSSR count). The summed E-state index contributed by atoms with van der Waals surface area (Å²) in [5.41, 5.74) is 2.83. The van der Waals surface area contributed by atoms with Gasteiger partial charge in [0.25, 0.3) is 0 Å². The van der Waals surface area contributed by atoms with Gasteiger partial charge >= 0.3 is 5.97 Å². The standard InChI is InChI=1S/C25H29ClN2O5/c1-16-14-18(4-9-21(16)33-13-12-28-22(29)10-11-23(28)30)15-27(3)24(17(2)25(31)32)19-5-7-20(26)8-6-19/h4-9,14,17,24H,10-13,15H2,1-3H3,(H,31,32). The number of rotatable bonds is 10. The third-order valence-electron chi connectivity index (χ3n) is 5.95. The lowest BCUT2D eigenvalue weighted by Gasteiger charge is -2.31. The number of aryl methyl sites for hydroxylation is 1. The maximum atomic E-state index is 11.8. The third kappa shape index (κ3) is 6.12. The van der Waals surface area contributed by atoms with Crippen molar-refractivity contribution in [3.05, 3.63) is 64.2 Å². The highest BCUT2D eigenvalue weighted by atomic mass is 35.5. The summed E-state index contributed by atoms with van der Waals surface area (Å²) in [7, 11) is 1.91. The van der Waals surface area contributed by atoms with Crippen molar-refractivity contribution >= 4 is 29.4 Å². The van der Waals surface area contributed by atoms with Crippen molar-refractivity contribution in [3.8, 4) is 5.75 Å². The highest BCUT2D eigenvalue weighted by Crippen LogP contribution is 2.31. The molecule has 2 unspecified atom stereocenters. The van der Waals surface area contributed by atoms with Crippen LogP contribution in [0.5, 0.6) is 5.75 Å². The summed E-state index contributed by atoms with van der Waals surface area (Å²) in [6.45, 7) is 4.67. The van der Waals surface area contributed by atoms with Crippen molar-refractivity contribution in [2.45, 2.75) is 39.3 Å². The van der Waals surface area contributed by atoms with E-state index in [0.29, 0.717) is 17.3 Å². The molecule has 0 bridgehead atoms. The Bertz CT molecular complexity index is 1010.